The Morgan fingerprint density at radius 1 is 1.02 bits per heavy atom. The van der Waals surface area contributed by atoms with Crippen molar-refractivity contribution in [3.05, 3.63) is 70.9 Å². The number of anilines is 1. The van der Waals surface area contributed by atoms with Gasteiger partial charge in [-0.05, 0) is 74.2 Å². The average Bonchev–Trinajstić information content (AvgIpc) is 3.95. The summed E-state index contributed by atoms with van der Waals surface area (Å²) in [6, 6.07) is 8.43. The average molecular weight is 831 g/mol. The van der Waals surface area contributed by atoms with Crippen molar-refractivity contribution in [3.8, 4) is 5.75 Å². The second kappa shape index (κ2) is 14.1. The third kappa shape index (κ3) is 5.19. The zero-order valence-corrected chi connectivity index (χ0v) is 34.3. The highest BCUT2D eigenvalue weighted by Crippen LogP contribution is 2.68. The quantitative estimate of drug-likeness (QED) is 0.131. The number of benzene rings is 2. The summed E-state index contributed by atoms with van der Waals surface area (Å²) in [6.45, 7) is 2.50. The summed E-state index contributed by atoms with van der Waals surface area (Å²) in [5, 5.41) is 26.2. The first-order chi connectivity index (χ1) is 31.1. The normalized spacial score (nSPS) is 38.4. The molecule has 0 radical (unpaired) electrons. The van der Waals surface area contributed by atoms with E-state index in [2.05, 4.69) is 14.8 Å². The maximum absolute atomic E-state index is 15.6. The van der Waals surface area contributed by atoms with Crippen molar-refractivity contribution in [2.24, 2.45) is 11.3 Å². The number of aromatic amines is 1. The molecule has 2 saturated heterocycles. The van der Waals surface area contributed by atoms with Gasteiger partial charge in [0.2, 0.25) is 12.0 Å². The molecule has 2 bridgehead atoms. The number of rotatable bonds is 8. The van der Waals surface area contributed by atoms with Gasteiger partial charge in [-0.3, -0.25) is 24.2 Å². The van der Waals surface area contributed by atoms with Crippen LogP contribution in [0.5, 0.6) is 5.75 Å². The number of hydrogen-bond donors (Lipinski definition) is 3. The smallest absolute Gasteiger partial charge is 0.344 e. The molecule has 1 aliphatic carbocycles. The van der Waals surface area contributed by atoms with E-state index in [1.54, 1.807) is 19.1 Å². The Kier molecular flexibility index (Phi) is 7.99. The number of carbonyl (C=O) groups is 4. The van der Waals surface area contributed by atoms with Crippen LogP contribution in [0.4, 0.5) is 5.69 Å². The van der Waals surface area contributed by atoms with E-state index in [1.165, 1.54) is 18.1 Å². The number of esters is 3. The molecule has 6 heterocycles. The van der Waals surface area contributed by atoms with Gasteiger partial charge in [-0.2, -0.15) is 0 Å². The van der Waals surface area contributed by atoms with Crippen LogP contribution in [-0.4, -0.2) is 133 Å². The summed E-state index contributed by atoms with van der Waals surface area (Å²) in [7, 11) is -0.796. The van der Waals surface area contributed by atoms with E-state index in [9.17, 15) is 24.6 Å². The predicted molar refractivity (Wildman–Crippen MR) is 221 cm³/mol. The number of carbonyl (C=O) groups excluding carboxylic acids is 4. The second-order valence-electron chi connectivity index (χ2n) is 17.8. The number of para-hydroxylation sites is 1. The lowest BCUT2D eigenvalue weighted by Crippen LogP contribution is -2.81. The van der Waals surface area contributed by atoms with Gasteiger partial charge in [-0.1, -0.05) is 44.2 Å². The summed E-state index contributed by atoms with van der Waals surface area (Å²) in [5.41, 5.74) is -6.33. The minimum absolute atomic E-state index is 0.0487. The summed E-state index contributed by atoms with van der Waals surface area (Å²) in [6.07, 6.45) is 3.51. The molecule has 5 aliphatic heterocycles. The highest BCUT2D eigenvalue weighted by molar-refractivity contribution is 5.96. The van der Waals surface area contributed by atoms with Crippen molar-refractivity contribution in [2.45, 2.75) is 99.4 Å². The fourth-order valence-corrected chi connectivity index (χ4v) is 13.2. The van der Waals surface area contributed by atoms with Crippen LogP contribution in [0.2, 0.25) is 0 Å². The van der Waals surface area contributed by atoms with Crippen molar-refractivity contribution in [1.82, 2.24) is 14.8 Å². The largest absolute Gasteiger partial charge is 0.496 e. The molecule has 6 aliphatic rings. The predicted octanol–water partition coefficient (Wildman–Crippen LogP) is 3.52. The zero-order valence-electron chi connectivity index (χ0n) is 40.3. The molecule has 10 atom stereocenters. The van der Waals surface area contributed by atoms with Crippen LogP contribution in [0.3, 0.4) is 0 Å². The molecule has 14 heteroatoms. The summed E-state index contributed by atoms with van der Waals surface area (Å²) in [4.78, 5) is 66.5. The van der Waals surface area contributed by atoms with Crippen molar-refractivity contribution in [2.75, 3.05) is 58.9 Å². The molecular formula is C46H56N4O10. The Labute approximate surface area is 358 Å². The number of piperidine rings is 1. The SMILES string of the molecule is [2H]C([2H])([2H])OC(=O)[C@]1(c2cc3c(cc2OC)N(C=O)[C@H]2[C@@](O)(C(=O)OC)[C@H](OC(=O)C([2H])([2H])[2H])[C@]4(CC)C=CCN5CC[C@]32[C@@H]54)C[C@H]2CN(CCc3c1[nH]c1ccccc31)C[C@](O)(CC)C2. The second-order valence-corrected chi connectivity index (χ2v) is 17.8. The fourth-order valence-electron chi connectivity index (χ4n) is 13.2. The van der Waals surface area contributed by atoms with Crippen LogP contribution in [0, 0.1) is 11.3 Å². The van der Waals surface area contributed by atoms with Crippen LogP contribution in [-0.2, 0) is 50.6 Å². The Morgan fingerprint density at radius 2 is 1.83 bits per heavy atom. The van der Waals surface area contributed by atoms with Crippen molar-refractivity contribution < 1.29 is 56.6 Å². The molecule has 1 spiro atoms. The number of H-pyrrole nitrogens is 1. The van der Waals surface area contributed by atoms with Crippen LogP contribution in [0.1, 0.15) is 83.4 Å². The molecule has 1 unspecified atom stereocenters. The lowest BCUT2D eigenvalue weighted by molar-refractivity contribution is -0.228. The Morgan fingerprint density at radius 3 is 2.55 bits per heavy atom. The number of hydrogen-bond acceptors (Lipinski definition) is 12. The van der Waals surface area contributed by atoms with Crippen LogP contribution in [0.25, 0.3) is 10.9 Å². The molecule has 2 aromatic carbocycles. The van der Waals surface area contributed by atoms with E-state index >= 15 is 4.79 Å². The van der Waals surface area contributed by atoms with Gasteiger partial charge in [0.1, 0.15) is 11.2 Å². The Hall–Kier alpha value is -4.76. The molecule has 60 heavy (non-hydrogen) atoms. The lowest BCUT2D eigenvalue weighted by Gasteiger charge is -2.63. The number of ether oxygens (including phenoxy) is 4. The molecule has 3 fully saturated rings. The lowest BCUT2D eigenvalue weighted by atomic mass is 9.47. The molecular weight excluding hydrogens is 769 g/mol. The molecule has 1 amide bonds. The third-order valence-electron chi connectivity index (χ3n) is 15.3. The number of fused-ring (bicyclic) bond motifs is 6. The van der Waals surface area contributed by atoms with Gasteiger partial charge >= 0.3 is 17.9 Å². The van der Waals surface area contributed by atoms with Gasteiger partial charge in [0, 0.05) is 82.2 Å². The molecule has 3 aromatic rings. The monoisotopic (exact) mass is 830 g/mol. The van der Waals surface area contributed by atoms with Crippen molar-refractivity contribution >= 4 is 40.9 Å². The van der Waals surface area contributed by atoms with Crippen LogP contribution in [0.15, 0.2) is 48.6 Å². The molecule has 320 valence electrons. The standard InChI is InChI=1S/C46H56N4O10/c1-7-42(55)22-28-23-45(40(53)58-5,36-30(14-18-48(24-28)25-42)29-12-9-10-13-33(29)47-36)32-20-31-34(21-35(32)57-4)50(26-51)38-44(31)16-19-49-17-11-15-43(8-2,37(44)49)39(60-27(3)52)46(38,56)41(54)59-6/h9-13,15,20-21,26,28,37-39,47,55-56H,7-8,14,16-19,22-25H2,1-6H3/t28-,37-,38+,39+,42-,43+,44+,45-,46-/m0/s1/i3D3,5D3. The molecule has 1 aromatic heterocycles. The molecule has 9 rings (SSSR count). The first-order valence-corrected chi connectivity index (χ1v) is 20.8. The van der Waals surface area contributed by atoms with E-state index in [1.807, 2.05) is 37.3 Å². The van der Waals surface area contributed by atoms with Gasteiger partial charge < -0.3 is 39.0 Å². The Balaban J connectivity index is 1.39. The van der Waals surface area contributed by atoms with Gasteiger partial charge in [-0.25, -0.2) is 4.79 Å². The highest BCUT2D eigenvalue weighted by Gasteiger charge is 2.81. The number of methoxy groups -OCH3 is 3. The summed E-state index contributed by atoms with van der Waals surface area (Å²) in [5.74, 6) is -4.39. The topological polar surface area (TPSA) is 171 Å². The zero-order chi connectivity index (χ0) is 47.6. The Bertz CT molecular complexity index is 2530. The van der Waals surface area contributed by atoms with Crippen molar-refractivity contribution in [3.63, 3.8) is 0 Å². The van der Waals surface area contributed by atoms with Gasteiger partial charge in [-0.15, -0.1) is 0 Å². The third-order valence-corrected chi connectivity index (χ3v) is 15.3. The minimum atomic E-state index is -3.29. The first-order valence-electron chi connectivity index (χ1n) is 23.8. The molecule has 1 saturated carbocycles. The minimum Gasteiger partial charge on any atom is -0.496 e. The van der Waals surface area contributed by atoms with Crippen LogP contribution < -0.4 is 9.64 Å². The number of aromatic nitrogens is 1. The number of nitrogens with zero attached hydrogens (tertiary/aromatic N) is 3. The van der Waals surface area contributed by atoms with Gasteiger partial charge in [0.15, 0.2) is 6.10 Å². The van der Waals surface area contributed by atoms with E-state index in [0.717, 1.165) is 18.1 Å². The van der Waals surface area contributed by atoms with Crippen LogP contribution >= 0.6 is 0 Å². The summed E-state index contributed by atoms with van der Waals surface area (Å²) < 4.78 is 71.7. The number of aliphatic hydroxyl groups is 2. The number of amides is 1. The molecule has 3 N–H and O–H groups in total. The fraction of sp³-hybridized carbons (Fsp3) is 0.565. The van der Waals surface area contributed by atoms with Gasteiger partial charge in [0.25, 0.3) is 0 Å². The van der Waals surface area contributed by atoms with Crippen molar-refractivity contribution in [1.29, 1.82) is 0 Å². The van der Waals surface area contributed by atoms with E-state index in [-0.39, 0.29) is 42.7 Å². The maximum atomic E-state index is 15.6. The number of nitrogens with one attached hydrogen (secondary N) is 1. The first kappa shape index (κ1) is 33.9. The summed E-state index contributed by atoms with van der Waals surface area (Å²) >= 11 is 0. The van der Waals surface area contributed by atoms with E-state index < -0.39 is 83.4 Å². The van der Waals surface area contributed by atoms with E-state index in [4.69, 9.17) is 27.2 Å². The van der Waals surface area contributed by atoms with Gasteiger partial charge in [0.05, 0.1) is 42.7 Å². The van der Waals surface area contributed by atoms with E-state index in [0.29, 0.717) is 68.7 Å². The molecule has 14 nitrogen and oxygen atoms in total. The highest BCUT2D eigenvalue weighted by atomic mass is 16.6. The maximum Gasteiger partial charge on any atom is 0.344 e.